The van der Waals surface area contributed by atoms with Gasteiger partial charge in [0.2, 0.25) is 0 Å². The molecule has 2 unspecified atom stereocenters. The molecule has 0 heterocycles. The van der Waals surface area contributed by atoms with E-state index in [0.29, 0.717) is 11.8 Å². The summed E-state index contributed by atoms with van der Waals surface area (Å²) in [6.45, 7) is 13.1. The molecule has 0 bridgehead atoms. The van der Waals surface area contributed by atoms with Crippen LogP contribution in [-0.2, 0) is 0 Å². The van der Waals surface area contributed by atoms with E-state index < -0.39 is 0 Å². The predicted octanol–water partition coefficient (Wildman–Crippen LogP) is 6.45. The summed E-state index contributed by atoms with van der Waals surface area (Å²) in [5.74, 6) is 2.10. The topological polar surface area (TPSA) is 20.2 Å². The van der Waals surface area contributed by atoms with Crippen molar-refractivity contribution < 1.29 is 5.11 Å². The standard InChI is InChI=1S/C24H38O/c1-6-10-18-17(8-3)11-12-20-19(18)13-15-23(5)21(20)16-24(9-4,14-7-2)22(23)25/h6,8,10,19-22,25H,1,7,9,11-16H2,2-5H3/b17-8-,18-10+/t19-,20-,21+,22?,23+,24?/m0/s1. The van der Waals surface area contributed by atoms with Crippen LogP contribution in [0, 0.1) is 28.6 Å². The summed E-state index contributed by atoms with van der Waals surface area (Å²) in [4.78, 5) is 0. The van der Waals surface area contributed by atoms with E-state index >= 15 is 0 Å². The number of allylic oxidation sites excluding steroid dienone is 5. The maximum atomic E-state index is 11.4. The first-order valence-electron chi connectivity index (χ1n) is 10.6. The van der Waals surface area contributed by atoms with Gasteiger partial charge in [0.15, 0.2) is 0 Å². The van der Waals surface area contributed by atoms with Crippen LogP contribution in [0.15, 0.2) is 36.0 Å². The summed E-state index contributed by atoms with van der Waals surface area (Å²) >= 11 is 0. The number of aliphatic hydroxyl groups excluding tert-OH is 1. The van der Waals surface area contributed by atoms with Gasteiger partial charge in [-0.3, -0.25) is 0 Å². The van der Waals surface area contributed by atoms with Gasteiger partial charge in [0.1, 0.15) is 0 Å². The lowest BCUT2D eigenvalue weighted by Crippen LogP contribution is -2.46. The Bertz CT molecular complexity index is 571. The molecular formula is C24H38O. The van der Waals surface area contributed by atoms with Gasteiger partial charge in [-0.05, 0) is 91.6 Å². The highest BCUT2D eigenvalue weighted by Gasteiger charge is 2.62. The van der Waals surface area contributed by atoms with Crippen molar-refractivity contribution in [2.45, 2.75) is 85.2 Å². The third-order valence-electron chi connectivity index (χ3n) is 8.32. The Morgan fingerprint density at radius 2 is 2.04 bits per heavy atom. The first kappa shape index (κ1) is 19.0. The number of hydrogen-bond donors (Lipinski definition) is 1. The second-order valence-electron chi connectivity index (χ2n) is 9.20. The van der Waals surface area contributed by atoms with Crippen LogP contribution in [0.25, 0.3) is 0 Å². The zero-order chi connectivity index (χ0) is 18.2. The second-order valence-corrected chi connectivity index (χ2v) is 9.20. The van der Waals surface area contributed by atoms with E-state index in [9.17, 15) is 5.11 Å². The van der Waals surface area contributed by atoms with Gasteiger partial charge in [0.25, 0.3) is 0 Å². The van der Waals surface area contributed by atoms with Gasteiger partial charge < -0.3 is 5.11 Å². The van der Waals surface area contributed by atoms with E-state index in [-0.39, 0.29) is 16.9 Å². The van der Waals surface area contributed by atoms with Crippen LogP contribution in [0.1, 0.15) is 79.1 Å². The predicted molar refractivity (Wildman–Crippen MR) is 107 cm³/mol. The van der Waals surface area contributed by atoms with E-state index in [2.05, 4.69) is 46.4 Å². The summed E-state index contributed by atoms with van der Waals surface area (Å²) in [5, 5.41) is 11.4. The Kier molecular flexibility index (Phi) is 5.36. The van der Waals surface area contributed by atoms with Gasteiger partial charge in [0.05, 0.1) is 6.10 Å². The van der Waals surface area contributed by atoms with Gasteiger partial charge in [-0.2, -0.15) is 0 Å². The molecule has 0 radical (unpaired) electrons. The van der Waals surface area contributed by atoms with Crippen LogP contribution in [-0.4, -0.2) is 11.2 Å². The lowest BCUT2D eigenvalue weighted by atomic mass is 9.54. The minimum atomic E-state index is -0.120. The average Bonchev–Trinajstić information content (AvgIpc) is 2.85. The van der Waals surface area contributed by atoms with Crippen molar-refractivity contribution in [3.05, 3.63) is 36.0 Å². The van der Waals surface area contributed by atoms with Crippen LogP contribution in [0.4, 0.5) is 0 Å². The molecule has 3 saturated carbocycles. The van der Waals surface area contributed by atoms with Gasteiger partial charge >= 0.3 is 0 Å². The number of aliphatic hydroxyl groups is 1. The molecule has 3 rings (SSSR count). The normalized spacial score (nSPS) is 46.9. The molecule has 0 amide bonds. The molecule has 3 aliphatic carbocycles. The van der Waals surface area contributed by atoms with Crippen molar-refractivity contribution in [1.82, 2.24) is 0 Å². The lowest BCUT2D eigenvalue weighted by Gasteiger charge is -2.51. The number of hydrogen-bond acceptors (Lipinski definition) is 1. The second kappa shape index (κ2) is 7.06. The highest BCUT2D eigenvalue weighted by Crippen LogP contribution is 2.66. The van der Waals surface area contributed by atoms with Gasteiger partial charge in [0, 0.05) is 0 Å². The summed E-state index contributed by atoms with van der Waals surface area (Å²) in [5.41, 5.74) is 3.37. The maximum Gasteiger partial charge on any atom is 0.0652 e. The fraction of sp³-hybridized carbons (Fsp3) is 0.750. The van der Waals surface area contributed by atoms with Crippen LogP contribution < -0.4 is 0 Å². The molecule has 0 spiro atoms. The Morgan fingerprint density at radius 3 is 2.64 bits per heavy atom. The molecule has 3 fully saturated rings. The zero-order valence-corrected chi connectivity index (χ0v) is 16.9. The number of fused-ring (bicyclic) bond motifs is 3. The van der Waals surface area contributed by atoms with Crippen molar-refractivity contribution in [1.29, 1.82) is 0 Å². The Hall–Kier alpha value is -0.820. The summed E-state index contributed by atoms with van der Waals surface area (Å²) < 4.78 is 0. The maximum absolute atomic E-state index is 11.4. The van der Waals surface area contributed by atoms with Gasteiger partial charge in [-0.1, -0.05) is 52.0 Å². The summed E-state index contributed by atoms with van der Waals surface area (Å²) in [6.07, 6.45) is 16.1. The molecule has 0 aromatic heterocycles. The summed E-state index contributed by atoms with van der Waals surface area (Å²) in [7, 11) is 0. The van der Waals surface area contributed by atoms with Crippen LogP contribution in [0.2, 0.25) is 0 Å². The Morgan fingerprint density at radius 1 is 1.28 bits per heavy atom. The van der Waals surface area contributed by atoms with E-state index in [1.54, 1.807) is 11.1 Å². The van der Waals surface area contributed by atoms with Crippen LogP contribution in [0.5, 0.6) is 0 Å². The van der Waals surface area contributed by atoms with Gasteiger partial charge in [-0.15, -0.1) is 0 Å². The number of rotatable bonds is 4. The molecule has 0 saturated heterocycles. The quantitative estimate of drug-likeness (QED) is 0.622. The molecule has 0 aromatic carbocycles. The molecule has 0 aromatic rings. The third-order valence-corrected chi connectivity index (χ3v) is 8.32. The molecule has 25 heavy (non-hydrogen) atoms. The summed E-state index contributed by atoms with van der Waals surface area (Å²) in [6, 6.07) is 0. The third kappa shape index (κ3) is 2.78. The highest BCUT2D eigenvalue weighted by atomic mass is 16.3. The fourth-order valence-electron chi connectivity index (χ4n) is 7.02. The average molecular weight is 343 g/mol. The Balaban J connectivity index is 1.96. The van der Waals surface area contributed by atoms with Gasteiger partial charge in [-0.25, -0.2) is 0 Å². The van der Waals surface area contributed by atoms with E-state index in [1.807, 2.05) is 6.08 Å². The SMILES string of the molecule is C=C/C=C1\C(=C/C)CC[C@@H]2[C@H]3CC(CC)(CCC)C(O)[C@]3(C)CC[C@@H]12. The van der Waals surface area contributed by atoms with Crippen molar-refractivity contribution in [3.63, 3.8) is 0 Å². The lowest BCUT2D eigenvalue weighted by molar-refractivity contribution is -0.0620. The van der Waals surface area contributed by atoms with E-state index in [0.717, 1.165) is 12.3 Å². The smallest absolute Gasteiger partial charge is 0.0652 e. The molecule has 1 heteroatoms. The van der Waals surface area contributed by atoms with Crippen LogP contribution in [0.3, 0.4) is 0 Å². The molecule has 0 aliphatic heterocycles. The first-order valence-corrected chi connectivity index (χ1v) is 10.6. The molecule has 3 aliphatic rings. The largest absolute Gasteiger partial charge is 0.392 e. The van der Waals surface area contributed by atoms with Crippen molar-refractivity contribution in [2.75, 3.05) is 0 Å². The van der Waals surface area contributed by atoms with Crippen molar-refractivity contribution in [3.8, 4) is 0 Å². The Labute approximate surface area is 155 Å². The van der Waals surface area contributed by atoms with Crippen molar-refractivity contribution in [2.24, 2.45) is 28.6 Å². The van der Waals surface area contributed by atoms with Crippen LogP contribution >= 0.6 is 0 Å². The monoisotopic (exact) mass is 342 g/mol. The van der Waals surface area contributed by atoms with E-state index in [4.69, 9.17) is 0 Å². The minimum absolute atomic E-state index is 0.120. The molecular weight excluding hydrogens is 304 g/mol. The molecule has 1 nitrogen and oxygen atoms in total. The van der Waals surface area contributed by atoms with Crippen molar-refractivity contribution >= 4 is 0 Å². The zero-order valence-electron chi connectivity index (χ0n) is 16.9. The minimum Gasteiger partial charge on any atom is -0.392 e. The molecule has 6 atom stereocenters. The molecule has 1 N–H and O–H groups in total. The molecule has 140 valence electrons. The first-order chi connectivity index (χ1) is 12.0. The fourth-order valence-corrected chi connectivity index (χ4v) is 7.02. The van der Waals surface area contributed by atoms with E-state index in [1.165, 1.54) is 44.9 Å². The highest BCUT2D eigenvalue weighted by molar-refractivity contribution is 5.39.